The summed E-state index contributed by atoms with van der Waals surface area (Å²) in [6.07, 6.45) is 1.95. The number of nitro groups is 1. The summed E-state index contributed by atoms with van der Waals surface area (Å²) in [5.41, 5.74) is 0.672. The molecule has 1 aromatic carbocycles. The quantitative estimate of drug-likeness (QED) is 0.433. The van der Waals surface area contributed by atoms with Crippen LogP contribution in [0.1, 0.15) is 31.7 Å². The zero-order valence-electron chi connectivity index (χ0n) is 10.9. The van der Waals surface area contributed by atoms with Gasteiger partial charge in [0.05, 0.1) is 11.5 Å². The van der Waals surface area contributed by atoms with Crippen LogP contribution in [0.25, 0.3) is 0 Å². The summed E-state index contributed by atoms with van der Waals surface area (Å²) < 4.78 is 6.15. The van der Waals surface area contributed by atoms with Crippen molar-refractivity contribution in [1.29, 1.82) is 0 Å². The predicted molar refractivity (Wildman–Crippen MR) is 75.6 cm³/mol. The lowest BCUT2D eigenvalue weighted by Gasteiger charge is -2.09. The molecule has 0 aromatic heterocycles. The van der Waals surface area contributed by atoms with E-state index >= 15 is 0 Å². The lowest BCUT2D eigenvalue weighted by molar-refractivity contribution is -0.386. The molecule has 0 atom stereocenters. The summed E-state index contributed by atoms with van der Waals surface area (Å²) >= 11 is 3.23. The second-order valence-electron chi connectivity index (χ2n) is 4.34. The van der Waals surface area contributed by atoms with Gasteiger partial charge in [0.25, 0.3) is 0 Å². The standard InChI is InChI=1S/C13H16BrNO4/c1-9-7-11(14)8-12(15(17)18)13(9)19-6-4-3-5-10(2)16/h7-8H,3-6H2,1-2H3. The van der Waals surface area contributed by atoms with E-state index in [1.165, 1.54) is 6.07 Å². The molecule has 104 valence electrons. The summed E-state index contributed by atoms with van der Waals surface area (Å²) in [5.74, 6) is 0.446. The highest BCUT2D eigenvalue weighted by Crippen LogP contribution is 2.34. The molecular formula is C13H16BrNO4. The first-order valence-electron chi connectivity index (χ1n) is 5.98. The van der Waals surface area contributed by atoms with Crippen LogP contribution in [-0.2, 0) is 4.79 Å². The smallest absolute Gasteiger partial charge is 0.312 e. The molecule has 6 heteroatoms. The van der Waals surface area contributed by atoms with Crippen LogP contribution in [0.2, 0.25) is 0 Å². The highest BCUT2D eigenvalue weighted by molar-refractivity contribution is 9.10. The summed E-state index contributed by atoms with van der Waals surface area (Å²) in [5, 5.41) is 11.0. The number of nitrogens with zero attached hydrogens (tertiary/aromatic N) is 1. The fourth-order valence-electron chi connectivity index (χ4n) is 1.69. The maximum Gasteiger partial charge on any atom is 0.312 e. The number of hydrogen-bond donors (Lipinski definition) is 0. The fraction of sp³-hybridized carbons (Fsp3) is 0.462. The van der Waals surface area contributed by atoms with Crippen molar-refractivity contribution in [2.45, 2.75) is 33.1 Å². The van der Waals surface area contributed by atoms with Crippen LogP contribution >= 0.6 is 15.9 Å². The van der Waals surface area contributed by atoms with Gasteiger partial charge in [-0.2, -0.15) is 0 Å². The molecule has 0 aliphatic heterocycles. The third-order valence-electron chi connectivity index (χ3n) is 2.59. The Bertz CT molecular complexity index is 488. The third kappa shape index (κ3) is 4.98. The first kappa shape index (κ1) is 15.6. The number of benzene rings is 1. The topological polar surface area (TPSA) is 69.4 Å². The number of carbonyl (C=O) groups is 1. The normalized spacial score (nSPS) is 10.3. The molecule has 0 amide bonds. The van der Waals surface area contributed by atoms with Gasteiger partial charge in [-0.25, -0.2) is 0 Å². The van der Waals surface area contributed by atoms with E-state index in [-0.39, 0.29) is 11.5 Å². The molecule has 1 rings (SSSR count). The minimum absolute atomic E-state index is 0.0431. The van der Waals surface area contributed by atoms with Crippen molar-refractivity contribution in [3.8, 4) is 5.75 Å². The molecule has 0 N–H and O–H groups in total. The number of unbranched alkanes of at least 4 members (excludes halogenated alkanes) is 1. The van der Waals surface area contributed by atoms with Gasteiger partial charge in [-0.1, -0.05) is 15.9 Å². The molecule has 0 saturated heterocycles. The molecule has 0 spiro atoms. The predicted octanol–water partition coefficient (Wildman–Crippen LogP) is 3.80. The highest BCUT2D eigenvalue weighted by atomic mass is 79.9. The minimum Gasteiger partial charge on any atom is -0.487 e. The van der Waals surface area contributed by atoms with Crippen molar-refractivity contribution >= 4 is 27.4 Å². The lowest BCUT2D eigenvalue weighted by Crippen LogP contribution is -2.03. The molecule has 19 heavy (non-hydrogen) atoms. The molecule has 0 unspecified atom stereocenters. The van der Waals surface area contributed by atoms with Gasteiger partial charge in [0, 0.05) is 17.0 Å². The van der Waals surface area contributed by atoms with Crippen LogP contribution in [0.5, 0.6) is 5.75 Å². The molecule has 0 fully saturated rings. The van der Waals surface area contributed by atoms with Gasteiger partial charge in [0.15, 0.2) is 5.75 Å². The average molecular weight is 330 g/mol. The van der Waals surface area contributed by atoms with Crippen LogP contribution in [0.15, 0.2) is 16.6 Å². The number of Topliss-reactive ketones (excluding diaryl/α,β-unsaturated/α-hetero) is 1. The van der Waals surface area contributed by atoms with Crippen molar-refractivity contribution in [2.24, 2.45) is 0 Å². The summed E-state index contributed by atoms with van der Waals surface area (Å²) in [6.45, 7) is 3.68. The van der Waals surface area contributed by atoms with Crippen molar-refractivity contribution < 1.29 is 14.5 Å². The number of carbonyl (C=O) groups excluding carboxylic acids is 1. The molecule has 0 bridgehead atoms. The van der Waals surface area contributed by atoms with Crippen LogP contribution < -0.4 is 4.74 Å². The summed E-state index contributed by atoms with van der Waals surface area (Å²) in [7, 11) is 0. The lowest BCUT2D eigenvalue weighted by atomic mass is 10.2. The van der Waals surface area contributed by atoms with Gasteiger partial charge >= 0.3 is 5.69 Å². The molecule has 0 radical (unpaired) electrons. The van der Waals surface area contributed by atoms with E-state index in [1.807, 2.05) is 0 Å². The molecule has 0 aliphatic carbocycles. The Morgan fingerprint density at radius 1 is 1.42 bits per heavy atom. The van der Waals surface area contributed by atoms with E-state index in [1.54, 1.807) is 19.9 Å². The Hall–Kier alpha value is -1.43. The maximum atomic E-state index is 11.0. The van der Waals surface area contributed by atoms with Gasteiger partial charge in [0.2, 0.25) is 0 Å². The minimum atomic E-state index is -0.456. The van der Waals surface area contributed by atoms with Gasteiger partial charge in [0.1, 0.15) is 5.78 Å². The maximum absolute atomic E-state index is 11.0. The zero-order chi connectivity index (χ0) is 14.4. The second kappa shape index (κ2) is 7.23. The first-order chi connectivity index (χ1) is 8.91. The Kier molecular flexibility index (Phi) is 5.95. The monoisotopic (exact) mass is 329 g/mol. The van der Waals surface area contributed by atoms with E-state index in [0.29, 0.717) is 35.2 Å². The van der Waals surface area contributed by atoms with Gasteiger partial charge in [-0.15, -0.1) is 0 Å². The van der Waals surface area contributed by atoms with Crippen LogP contribution in [0.3, 0.4) is 0 Å². The number of ketones is 1. The largest absolute Gasteiger partial charge is 0.487 e. The molecule has 0 heterocycles. The van der Waals surface area contributed by atoms with Gasteiger partial charge in [-0.05, 0) is 38.3 Å². The van der Waals surface area contributed by atoms with E-state index in [4.69, 9.17) is 4.74 Å². The van der Waals surface area contributed by atoms with Crippen molar-refractivity contribution in [3.05, 3.63) is 32.3 Å². The molecule has 0 saturated carbocycles. The van der Waals surface area contributed by atoms with Crippen molar-refractivity contribution in [2.75, 3.05) is 6.61 Å². The second-order valence-corrected chi connectivity index (χ2v) is 5.25. The third-order valence-corrected chi connectivity index (χ3v) is 3.04. The first-order valence-corrected chi connectivity index (χ1v) is 6.78. The highest BCUT2D eigenvalue weighted by Gasteiger charge is 2.18. The number of nitro benzene ring substituents is 1. The summed E-state index contributed by atoms with van der Waals surface area (Å²) in [6, 6.07) is 3.20. The average Bonchev–Trinajstić information content (AvgIpc) is 2.29. The number of ether oxygens (including phenoxy) is 1. The Balaban J connectivity index is 2.67. The van der Waals surface area contributed by atoms with E-state index in [2.05, 4.69) is 15.9 Å². The number of halogens is 1. The Morgan fingerprint density at radius 3 is 2.68 bits per heavy atom. The van der Waals surface area contributed by atoms with Crippen molar-refractivity contribution in [1.82, 2.24) is 0 Å². The fourth-order valence-corrected chi connectivity index (χ4v) is 2.25. The molecule has 0 aliphatic rings. The molecular weight excluding hydrogens is 314 g/mol. The number of aryl methyl sites for hydroxylation is 1. The van der Waals surface area contributed by atoms with E-state index < -0.39 is 4.92 Å². The summed E-state index contributed by atoms with van der Waals surface area (Å²) in [4.78, 5) is 21.3. The van der Waals surface area contributed by atoms with Gasteiger partial charge in [-0.3, -0.25) is 10.1 Å². The number of hydrogen-bond acceptors (Lipinski definition) is 4. The zero-order valence-corrected chi connectivity index (χ0v) is 12.5. The van der Waals surface area contributed by atoms with Crippen molar-refractivity contribution in [3.63, 3.8) is 0 Å². The van der Waals surface area contributed by atoms with Crippen LogP contribution in [0.4, 0.5) is 5.69 Å². The molecule has 1 aromatic rings. The molecule has 5 nitrogen and oxygen atoms in total. The van der Waals surface area contributed by atoms with Gasteiger partial charge < -0.3 is 9.53 Å². The number of rotatable bonds is 7. The Morgan fingerprint density at radius 2 is 2.11 bits per heavy atom. The van der Waals surface area contributed by atoms with Crippen LogP contribution in [-0.4, -0.2) is 17.3 Å². The van der Waals surface area contributed by atoms with E-state index in [0.717, 1.165) is 6.42 Å². The SMILES string of the molecule is CC(=O)CCCCOc1c(C)cc(Br)cc1[N+](=O)[O-]. The van der Waals surface area contributed by atoms with E-state index in [9.17, 15) is 14.9 Å². The Labute approximate surface area is 120 Å². The van der Waals surface area contributed by atoms with Crippen LogP contribution in [0, 0.1) is 17.0 Å².